The van der Waals surface area contributed by atoms with Gasteiger partial charge in [-0.1, -0.05) is 30.0 Å². The van der Waals surface area contributed by atoms with E-state index in [0.29, 0.717) is 37.4 Å². The highest BCUT2D eigenvalue weighted by atomic mass is 32.2. The van der Waals surface area contributed by atoms with E-state index in [1.165, 1.54) is 17.0 Å². The first-order valence-electron chi connectivity index (χ1n) is 13.3. The SMILES string of the molecule is O=C(O)C1CCC(COc2ccccc2Sc2ccc(C=CC(=O)N3CCOCC3)c(C(F)(F)F)c2C(F)(F)F)CC1. The molecule has 2 aromatic rings. The van der Waals surface area contributed by atoms with Crippen molar-refractivity contribution in [2.75, 3.05) is 32.9 Å². The number of halogens is 6. The standard InChI is InChI=1S/C29H29F6NO5S/c30-28(31,32)25-19(10-12-24(37)36-13-15-40-16-14-36)9-11-23(26(25)29(33,34)35)42-22-4-2-1-3-21(22)41-17-18-5-7-20(8-6-18)27(38)39/h1-4,9-12,18,20H,5-8,13-17H2,(H,38,39). The molecule has 2 fully saturated rings. The monoisotopic (exact) mass is 617 g/mol. The molecule has 2 aliphatic rings. The number of carboxylic acids is 1. The molecule has 1 aliphatic carbocycles. The van der Waals surface area contributed by atoms with Gasteiger partial charge < -0.3 is 19.5 Å². The minimum absolute atomic E-state index is 0.0486. The number of ether oxygens (including phenoxy) is 2. The summed E-state index contributed by atoms with van der Waals surface area (Å²) in [7, 11) is 0. The highest BCUT2D eigenvalue weighted by Crippen LogP contribution is 2.49. The quantitative estimate of drug-likeness (QED) is 0.254. The number of alkyl halides is 6. The maximum Gasteiger partial charge on any atom is 0.418 e. The second-order valence-electron chi connectivity index (χ2n) is 10.1. The molecule has 0 spiro atoms. The lowest BCUT2D eigenvalue weighted by molar-refractivity contribution is -0.163. The first-order chi connectivity index (χ1) is 19.8. The lowest BCUT2D eigenvalue weighted by atomic mass is 9.82. The Morgan fingerprint density at radius 1 is 0.929 bits per heavy atom. The fourth-order valence-electron chi connectivity index (χ4n) is 5.02. The third-order valence-corrected chi connectivity index (χ3v) is 8.35. The van der Waals surface area contributed by atoms with Crippen LogP contribution in [-0.4, -0.2) is 54.8 Å². The second-order valence-corrected chi connectivity index (χ2v) is 11.2. The average molecular weight is 618 g/mol. The number of hydrogen-bond acceptors (Lipinski definition) is 5. The zero-order valence-electron chi connectivity index (χ0n) is 22.3. The van der Waals surface area contributed by atoms with E-state index in [0.717, 1.165) is 24.3 Å². The van der Waals surface area contributed by atoms with Crippen molar-refractivity contribution in [2.45, 2.75) is 47.8 Å². The van der Waals surface area contributed by atoms with Crippen molar-refractivity contribution in [3.8, 4) is 5.75 Å². The molecule has 1 saturated carbocycles. The summed E-state index contributed by atoms with van der Waals surface area (Å²) in [5.41, 5.74) is -4.50. The van der Waals surface area contributed by atoms with Crippen LogP contribution in [0.4, 0.5) is 26.3 Å². The third-order valence-electron chi connectivity index (χ3n) is 7.23. The van der Waals surface area contributed by atoms with E-state index in [-0.39, 0.29) is 49.5 Å². The number of para-hydroxylation sites is 1. The molecule has 0 aromatic heterocycles. The molecule has 1 N–H and O–H groups in total. The lowest BCUT2D eigenvalue weighted by Crippen LogP contribution is -2.39. The predicted molar refractivity (Wildman–Crippen MR) is 142 cm³/mol. The smallest absolute Gasteiger partial charge is 0.418 e. The molecule has 0 unspecified atom stereocenters. The number of benzene rings is 2. The summed E-state index contributed by atoms with van der Waals surface area (Å²) in [6.07, 6.45) is -6.90. The number of carbonyl (C=O) groups excluding carboxylic acids is 1. The molecule has 1 amide bonds. The fraction of sp³-hybridized carbons (Fsp3) is 0.448. The first kappa shape index (κ1) is 31.7. The molecular weight excluding hydrogens is 588 g/mol. The summed E-state index contributed by atoms with van der Waals surface area (Å²) in [4.78, 5) is 24.5. The van der Waals surface area contributed by atoms with Gasteiger partial charge in [-0.15, -0.1) is 0 Å². The van der Waals surface area contributed by atoms with Crippen LogP contribution in [0.3, 0.4) is 0 Å². The molecule has 0 bridgehead atoms. The van der Waals surface area contributed by atoms with Crippen molar-refractivity contribution >= 4 is 29.7 Å². The van der Waals surface area contributed by atoms with Gasteiger partial charge in [0.15, 0.2) is 0 Å². The Bertz CT molecular complexity index is 1300. The summed E-state index contributed by atoms with van der Waals surface area (Å²) < 4.78 is 96.5. The van der Waals surface area contributed by atoms with Crippen LogP contribution in [0.1, 0.15) is 42.4 Å². The molecule has 1 heterocycles. The molecule has 13 heteroatoms. The zero-order valence-corrected chi connectivity index (χ0v) is 23.2. The van der Waals surface area contributed by atoms with Crippen molar-refractivity contribution in [1.82, 2.24) is 4.90 Å². The van der Waals surface area contributed by atoms with E-state index in [1.807, 2.05) is 0 Å². The number of nitrogens with zero attached hydrogens (tertiary/aromatic N) is 1. The van der Waals surface area contributed by atoms with Gasteiger partial charge >= 0.3 is 18.3 Å². The molecular formula is C29H29F6NO5S. The fourth-order valence-corrected chi connectivity index (χ4v) is 6.08. The summed E-state index contributed by atoms with van der Waals surface area (Å²) in [6, 6.07) is 8.02. The average Bonchev–Trinajstić information content (AvgIpc) is 2.95. The van der Waals surface area contributed by atoms with E-state index in [1.54, 1.807) is 12.1 Å². The van der Waals surface area contributed by atoms with Crippen LogP contribution >= 0.6 is 11.8 Å². The molecule has 4 rings (SSSR count). The van der Waals surface area contributed by atoms with Gasteiger partial charge in [-0.3, -0.25) is 9.59 Å². The minimum atomic E-state index is -5.37. The summed E-state index contributed by atoms with van der Waals surface area (Å²) in [6.45, 7) is 1.17. The van der Waals surface area contributed by atoms with E-state index in [4.69, 9.17) is 9.47 Å². The number of aliphatic carboxylic acids is 1. The van der Waals surface area contributed by atoms with Crippen molar-refractivity contribution in [3.05, 3.63) is 59.2 Å². The number of rotatable bonds is 8. The predicted octanol–water partition coefficient (Wildman–Crippen LogP) is 7.02. The maximum absolute atomic E-state index is 14.3. The molecule has 2 aromatic carbocycles. The number of carbonyl (C=O) groups is 2. The maximum atomic E-state index is 14.3. The van der Waals surface area contributed by atoms with Crippen molar-refractivity contribution in [2.24, 2.45) is 11.8 Å². The highest BCUT2D eigenvalue weighted by Gasteiger charge is 2.46. The van der Waals surface area contributed by atoms with Crippen molar-refractivity contribution in [3.63, 3.8) is 0 Å². The Balaban J connectivity index is 1.61. The van der Waals surface area contributed by atoms with E-state index in [9.17, 15) is 41.0 Å². The molecule has 1 saturated heterocycles. The Morgan fingerprint density at radius 2 is 1.57 bits per heavy atom. The zero-order chi connectivity index (χ0) is 30.5. The van der Waals surface area contributed by atoms with Crippen LogP contribution in [0.15, 0.2) is 52.3 Å². The third kappa shape index (κ3) is 8.00. The Hall–Kier alpha value is -3.19. The van der Waals surface area contributed by atoms with Gasteiger partial charge in [0.1, 0.15) is 5.75 Å². The van der Waals surface area contributed by atoms with Gasteiger partial charge in [0.25, 0.3) is 0 Å². The van der Waals surface area contributed by atoms with Gasteiger partial charge in [0.05, 0.1) is 41.8 Å². The second kappa shape index (κ2) is 13.4. The molecule has 6 nitrogen and oxygen atoms in total. The van der Waals surface area contributed by atoms with Gasteiger partial charge in [-0.05, 0) is 61.4 Å². The molecule has 0 radical (unpaired) electrons. The van der Waals surface area contributed by atoms with Gasteiger partial charge in [0, 0.05) is 24.1 Å². The van der Waals surface area contributed by atoms with Crippen molar-refractivity contribution in [1.29, 1.82) is 0 Å². The van der Waals surface area contributed by atoms with Crippen LogP contribution in [0.5, 0.6) is 5.75 Å². The number of carboxylic acid groups (broad SMARTS) is 1. The summed E-state index contributed by atoms with van der Waals surface area (Å²) in [5, 5.41) is 9.17. The molecule has 0 atom stereocenters. The van der Waals surface area contributed by atoms with E-state index in [2.05, 4.69) is 0 Å². The van der Waals surface area contributed by atoms with E-state index < -0.39 is 51.7 Å². The van der Waals surface area contributed by atoms with E-state index >= 15 is 0 Å². The summed E-state index contributed by atoms with van der Waals surface area (Å²) >= 11 is 0.509. The first-order valence-corrected chi connectivity index (χ1v) is 14.1. The van der Waals surface area contributed by atoms with Crippen LogP contribution in [-0.2, 0) is 26.7 Å². The number of hydrogen-bond donors (Lipinski definition) is 1. The number of amides is 1. The molecule has 42 heavy (non-hydrogen) atoms. The molecule has 228 valence electrons. The topological polar surface area (TPSA) is 76.1 Å². The van der Waals surface area contributed by atoms with Crippen molar-refractivity contribution < 1.29 is 50.5 Å². The minimum Gasteiger partial charge on any atom is -0.492 e. The Labute approximate surface area is 242 Å². The summed E-state index contributed by atoms with van der Waals surface area (Å²) in [5.74, 6) is -1.62. The number of morpholine rings is 1. The van der Waals surface area contributed by atoms with Gasteiger partial charge in [-0.25, -0.2) is 0 Å². The van der Waals surface area contributed by atoms with Crippen LogP contribution in [0.2, 0.25) is 0 Å². The van der Waals surface area contributed by atoms with Gasteiger partial charge in [-0.2, -0.15) is 26.3 Å². The van der Waals surface area contributed by atoms with Crippen LogP contribution in [0, 0.1) is 11.8 Å². The van der Waals surface area contributed by atoms with Gasteiger partial charge in [0.2, 0.25) is 5.91 Å². The normalized spacial score (nSPS) is 20.1. The largest absolute Gasteiger partial charge is 0.492 e. The van der Waals surface area contributed by atoms with Crippen LogP contribution < -0.4 is 4.74 Å². The Morgan fingerprint density at radius 3 is 2.19 bits per heavy atom. The van der Waals surface area contributed by atoms with Crippen LogP contribution in [0.25, 0.3) is 6.08 Å². The highest BCUT2D eigenvalue weighted by molar-refractivity contribution is 7.99. The molecule has 1 aliphatic heterocycles. The lowest BCUT2D eigenvalue weighted by Gasteiger charge is -2.26. The Kier molecular flexibility index (Phi) is 10.1.